The van der Waals surface area contributed by atoms with E-state index in [1.807, 2.05) is 12.1 Å². The zero-order valence-electron chi connectivity index (χ0n) is 11.6. The van der Waals surface area contributed by atoms with Crippen LogP contribution in [0.4, 0.5) is 0 Å². The van der Waals surface area contributed by atoms with Gasteiger partial charge in [-0.25, -0.2) is 0 Å². The number of halogens is 1. The van der Waals surface area contributed by atoms with Crippen molar-refractivity contribution in [2.24, 2.45) is 0 Å². The normalized spacial score (nSPS) is 10.6. The van der Waals surface area contributed by atoms with E-state index in [9.17, 15) is 4.79 Å². The van der Waals surface area contributed by atoms with Gasteiger partial charge in [-0.2, -0.15) is 0 Å². The number of rotatable bonds is 5. The van der Waals surface area contributed by atoms with Crippen LogP contribution in [0.1, 0.15) is 41.3 Å². The molecular weight excluding hydrogens is 272 g/mol. The Labute approximate surface area is 124 Å². The van der Waals surface area contributed by atoms with Gasteiger partial charge in [-0.1, -0.05) is 55.8 Å². The number of aldehydes is 1. The predicted molar refractivity (Wildman–Crippen MR) is 81.7 cm³/mol. The van der Waals surface area contributed by atoms with Crippen molar-refractivity contribution in [2.75, 3.05) is 0 Å². The van der Waals surface area contributed by atoms with Crippen molar-refractivity contribution < 1.29 is 9.53 Å². The molecule has 0 spiro atoms. The molecule has 0 aliphatic rings. The van der Waals surface area contributed by atoms with Crippen molar-refractivity contribution in [1.82, 2.24) is 0 Å². The topological polar surface area (TPSA) is 26.3 Å². The lowest BCUT2D eigenvalue weighted by Gasteiger charge is -2.11. The van der Waals surface area contributed by atoms with Crippen LogP contribution in [-0.4, -0.2) is 6.29 Å². The number of para-hydroxylation sites is 1. The average Bonchev–Trinajstić information content (AvgIpc) is 2.46. The second-order valence-electron chi connectivity index (χ2n) is 4.96. The fourth-order valence-electron chi connectivity index (χ4n) is 1.92. The highest BCUT2D eigenvalue weighted by Gasteiger charge is 2.08. The maximum absolute atomic E-state index is 11.0. The first-order chi connectivity index (χ1) is 9.61. The van der Waals surface area contributed by atoms with E-state index in [0.29, 0.717) is 28.9 Å². The van der Waals surface area contributed by atoms with E-state index < -0.39 is 0 Å². The van der Waals surface area contributed by atoms with Gasteiger partial charge in [0.05, 0.1) is 10.6 Å². The lowest BCUT2D eigenvalue weighted by molar-refractivity contribution is 0.111. The van der Waals surface area contributed by atoms with Crippen molar-refractivity contribution in [3.8, 4) is 5.75 Å². The summed E-state index contributed by atoms with van der Waals surface area (Å²) in [7, 11) is 0. The first-order valence-electron chi connectivity index (χ1n) is 6.57. The molecule has 0 bridgehead atoms. The average molecular weight is 289 g/mol. The van der Waals surface area contributed by atoms with E-state index in [-0.39, 0.29) is 0 Å². The monoisotopic (exact) mass is 288 g/mol. The highest BCUT2D eigenvalue weighted by Crippen LogP contribution is 2.28. The quantitative estimate of drug-likeness (QED) is 0.735. The van der Waals surface area contributed by atoms with Crippen LogP contribution in [0.5, 0.6) is 5.75 Å². The maximum atomic E-state index is 11.0. The Balaban J connectivity index is 2.11. The second kappa shape index (κ2) is 6.58. The van der Waals surface area contributed by atoms with Crippen LogP contribution in [0.3, 0.4) is 0 Å². The predicted octanol–water partition coefficient (Wildman–Crippen LogP) is 4.85. The number of hydrogen-bond donors (Lipinski definition) is 0. The summed E-state index contributed by atoms with van der Waals surface area (Å²) < 4.78 is 5.68. The summed E-state index contributed by atoms with van der Waals surface area (Å²) in [5, 5.41) is 0.452. The molecule has 2 aromatic carbocycles. The van der Waals surface area contributed by atoms with Crippen LogP contribution < -0.4 is 4.74 Å². The highest BCUT2D eigenvalue weighted by atomic mass is 35.5. The fourth-order valence-corrected chi connectivity index (χ4v) is 2.16. The lowest BCUT2D eigenvalue weighted by atomic mass is 10.0. The molecule has 0 saturated carbocycles. The Morgan fingerprint density at radius 1 is 1.15 bits per heavy atom. The molecule has 0 atom stereocenters. The summed E-state index contributed by atoms with van der Waals surface area (Å²) in [6, 6.07) is 13.4. The summed E-state index contributed by atoms with van der Waals surface area (Å²) in [5.74, 6) is 0.951. The SMILES string of the molecule is CC(C)c1ccc(COc2c(Cl)cccc2C=O)cc1. The van der Waals surface area contributed by atoms with E-state index in [1.165, 1.54) is 5.56 Å². The molecule has 0 N–H and O–H groups in total. The number of carbonyl (C=O) groups is 1. The number of hydrogen-bond acceptors (Lipinski definition) is 2. The molecule has 0 aliphatic carbocycles. The van der Waals surface area contributed by atoms with Crippen LogP contribution in [-0.2, 0) is 6.61 Å². The molecule has 0 aliphatic heterocycles. The fraction of sp³-hybridized carbons (Fsp3) is 0.235. The molecule has 2 aromatic rings. The van der Waals surface area contributed by atoms with E-state index in [4.69, 9.17) is 16.3 Å². The Bertz CT molecular complexity index is 588. The zero-order valence-corrected chi connectivity index (χ0v) is 12.4. The first kappa shape index (κ1) is 14.6. The Morgan fingerprint density at radius 2 is 1.85 bits per heavy atom. The first-order valence-corrected chi connectivity index (χ1v) is 6.95. The third-order valence-corrected chi connectivity index (χ3v) is 3.45. The van der Waals surface area contributed by atoms with Crippen LogP contribution >= 0.6 is 11.6 Å². The van der Waals surface area contributed by atoms with Gasteiger partial charge in [0, 0.05) is 0 Å². The Kier molecular flexibility index (Phi) is 4.80. The number of ether oxygens (including phenoxy) is 1. The Hall–Kier alpha value is -1.80. The minimum atomic E-state index is 0.392. The molecule has 3 heteroatoms. The van der Waals surface area contributed by atoms with E-state index in [2.05, 4.69) is 26.0 Å². The third-order valence-electron chi connectivity index (χ3n) is 3.15. The molecule has 2 rings (SSSR count). The van der Waals surface area contributed by atoms with Crippen LogP contribution in [0.25, 0.3) is 0 Å². The van der Waals surface area contributed by atoms with Gasteiger partial charge < -0.3 is 4.74 Å². The second-order valence-corrected chi connectivity index (χ2v) is 5.37. The smallest absolute Gasteiger partial charge is 0.153 e. The largest absolute Gasteiger partial charge is 0.487 e. The zero-order chi connectivity index (χ0) is 14.5. The molecule has 2 nitrogen and oxygen atoms in total. The van der Waals surface area contributed by atoms with Gasteiger partial charge >= 0.3 is 0 Å². The standard InChI is InChI=1S/C17H17ClO2/c1-12(2)14-8-6-13(7-9-14)11-20-17-15(10-19)4-3-5-16(17)18/h3-10,12H,11H2,1-2H3. The van der Waals surface area contributed by atoms with E-state index in [0.717, 1.165) is 11.8 Å². The van der Waals surface area contributed by atoms with E-state index >= 15 is 0 Å². The highest BCUT2D eigenvalue weighted by molar-refractivity contribution is 6.32. The maximum Gasteiger partial charge on any atom is 0.153 e. The van der Waals surface area contributed by atoms with Crippen molar-refractivity contribution >= 4 is 17.9 Å². The van der Waals surface area contributed by atoms with Crippen molar-refractivity contribution in [1.29, 1.82) is 0 Å². The van der Waals surface area contributed by atoms with Crippen LogP contribution in [0.2, 0.25) is 5.02 Å². The molecule has 20 heavy (non-hydrogen) atoms. The molecule has 0 aromatic heterocycles. The molecule has 0 fully saturated rings. The van der Waals surface area contributed by atoms with Gasteiger partial charge in [0.1, 0.15) is 12.4 Å². The van der Waals surface area contributed by atoms with Crippen molar-refractivity contribution in [2.45, 2.75) is 26.4 Å². The van der Waals surface area contributed by atoms with E-state index in [1.54, 1.807) is 18.2 Å². The minimum Gasteiger partial charge on any atom is -0.487 e. The van der Waals surface area contributed by atoms with Gasteiger partial charge in [0.25, 0.3) is 0 Å². The summed E-state index contributed by atoms with van der Waals surface area (Å²) in [6.07, 6.45) is 0.753. The molecule has 104 valence electrons. The van der Waals surface area contributed by atoms with Gasteiger partial charge in [-0.05, 0) is 29.2 Å². The summed E-state index contributed by atoms with van der Waals surface area (Å²) >= 11 is 6.06. The number of carbonyl (C=O) groups excluding carboxylic acids is 1. The third kappa shape index (κ3) is 3.40. The molecule has 0 radical (unpaired) electrons. The molecule has 0 amide bonds. The van der Waals surface area contributed by atoms with Gasteiger partial charge in [-0.3, -0.25) is 4.79 Å². The molecule has 0 saturated heterocycles. The van der Waals surface area contributed by atoms with Crippen molar-refractivity contribution in [3.05, 3.63) is 64.2 Å². The molecule has 0 unspecified atom stereocenters. The lowest BCUT2D eigenvalue weighted by Crippen LogP contribution is -1.99. The van der Waals surface area contributed by atoms with Gasteiger partial charge in [-0.15, -0.1) is 0 Å². The number of benzene rings is 2. The summed E-state index contributed by atoms with van der Waals surface area (Å²) in [6.45, 7) is 4.71. The van der Waals surface area contributed by atoms with Crippen LogP contribution in [0.15, 0.2) is 42.5 Å². The van der Waals surface area contributed by atoms with Gasteiger partial charge in [0.15, 0.2) is 6.29 Å². The Morgan fingerprint density at radius 3 is 2.45 bits per heavy atom. The summed E-state index contributed by atoms with van der Waals surface area (Å²) in [5.41, 5.74) is 2.81. The van der Waals surface area contributed by atoms with Crippen LogP contribution in [0, 0.1) is 0 Å². The molecule has 0 heterocycles. The molecular formula is C17H17ClO2. The minimum absolute atomic E-state index is 0.392. The van der Waals surface area contributed by atoms with Gasteiger partial charge in [0.2, 0.25) is 0 Å². The summed E-state index contributed by atoms with van der Waals surface area (Å²) in [4.78, 5) is 11.0. The van der Waals surface area contributed by atoms with Crippen molar-refractivity contribution in [3.63, 3.8) is 0 Å².